The van der Waals surface area contributed by atoms with Crippen LogP contribution in [0.15, 0.2) is 61.1 Å². The molecule has 6 nitrogen and oxygen atoms in total. The molecule has 4 aromatic rings. The standard InChI is InChI=1S/C17H14N6/c1-23-10-9-18-17(23)16-6-5-14(21-22-16)12-3-2-4-13(11-12)15-7-8-19-20-15/h2-11H,1H3,(H,19,20). The highest BCUT2D eigenvalue weighted by Crippen LogP contribution is 2.24. The van der Waals surface area contributed by atoms with E-state index in [4.69, 9.17) is 0 Å². The molecule has 0 aliphatic rings. The zero-order valence-electron chi connectivity index (χ0n) is 12.5. The molecule has 6 heteroatoms. The Morgan fingerprint density at radius 2 is 1.74 bits per heavy atom. The van der Waals surface area contributed by atoms with Crippen molar-refractivity contribution >= 4 is 0 Å². The largest absolute Gasteiger partial charge is 0.333 e. The Morgan fingerprint density at radius 1 is 0.913 bits per heavy atom. The quantitative estimate of drug-likeness (QED) is 0.631. The van der Waals surface area contributed by atoms with E-state index in [0.717, 1.165) is 34.0 Å². The summed E-state index contributed by atoms with van der Waals surface area (Å²) in [4.78, 5) is 4.29. The van der Waals surface area contributed by atoms with E-state index in [0.29, 0.717) is 0 Å². The number of nitrogens with one attached hydrogen (secondary N) is 1. The van der Waals surface area contributed by atoms with Crippen LogP contribution in [-0.4, -0.2) is 29.9 Å². The molecule has 0 spiro atoms. The molecule has 3 aromatic heterocycles. The van der Waals surface area contributed by atoms with Crippen molar-refractivity contribution in [2.75, 3.05) is 0 Å². The molecular weight excluding hydrogens is 288 g/mol. The predicted octanol–water partition coefficient (Wildman–Crippen LogP) is 2.93. The summed E-state index contributed by atoms with van der Waals surface area (Å²) in [6.07, 6.45) is 5.38. The van der Waals surface area contributed by atoms with Crippen LogP contribution in [0.25, 0.3) is 34.0 Å². The number of aryl methyl sites for hydroxylation is 1. The Hall–Kier alpha value is -3.28. The summed E-state index contributed by atoms with van der Waals surface area (Å²) in [5, 5.41) is 15.6. The number of aromatic amines is 1. The summed E-state index contributed by atoms with van der Waals surface area (Å²) in [5.74, 6) is 0.801. The van der Waals surface area contributed by atoms with Crippen LogP contribution in [-0.2, 0) is 7.05 Å². The lowest BCUT2D eigenvalue weighted by atomic mass is 10.1. The average molecular weight is 302 g/mol. The number of rotatable bonds is 3. The molecule has 0 radical (unpaired) electrons. The first kappa shape index (κ1) is 13.4. The molecule has 0 saturated carbocycles. The van der Waals surface area contributed by atoms with Gasteiger partial charge in [0, 0.05) is 36.8 Å². The Bertz CT molecular complexity index is 922. The van der Waals surface area contributed by atoms with Crippen molar-refractivity contribution in [3.63, 3.8) is 0 Å². The van der Waals surface area contributed by atoms with Gasteiger partial charge in [-0.3, -0.25) is 5.10 Å². The van der Waals surface area contributed by atoms with Gasteiger partial charge in [0.05, 0.1) is 11.4 Å². The summed E-state index contributed by atoms with van der Waals surface area (Å²) in [5.41, 5.74) is 4.63. The number of hydrogen-bond donors (Lipinski definition) is 1. The van der Waals surface area contributed by atoms with E-state index in [1.54, 1.807) is 12.4 Å². The van der Waals surface area contributed by atoms with Crippen LogP contribution < -0.4 is 0 Å². The Balaban J connectivity index is 1.69. The normalized spacial score (nSPS) is 10.8. The maximum Gasteiger partial charge on any atom is 0.160 e. The summed E-state index contributed by atoms with van der Waals surface area (Å²) in [7, 11) is 1.94. The van der Waals surface area contributed by atoms with E-state index in [1.165, 1.54) is 0 Å². The maximum absolute atomic E-state index is 4.34. The van der Waals surface area contributed by atoms with Crippen LogP contribution in [0.2, 0.25) is 0 Å². The van der Waals surface area contributed by atoms with E-state index < -0.39 is 0 Å². The first-order valence-electron chi connectivity index (χ1n) is 7.23. The van der Waals surface area contributed by atoms with Crippen LogP contribution in [0.4, 0.5) is 0 Å². The lowest BCUT2D eigenvalue weighted by molar-refractivity contribution is 0.905. The highest BCUT2D eigenvalue weighted by atomic mass is 15.1. The van der Waals surface area contributed by atoms with Crippen LogP contribution in [0.5, 0.6) is 0 Å². The summed E-state index contributed by atoms with van der Waals surface area (Å²) < 4.78 is 1.92. The average Bonchev–Trinajstić information content (AvgIpc) is 3.27. The monoisotopic (exact) mass is 302 g/mol. The van der Waals surface area contributed by atoms with Crippen molar-refractivity contribution in [3.8, 4) is 34.0 Å². The van der Waals surface area contributed by atoms with Gasteiger partial charge in [-0.15, -0.1) is 10.2 Å². The number of nitrogens with zero attached hydrogens (tertiary/aromatic N) is 5. The second-order valence-electron chi connectivity index (χ2n) is 5.22. The van der Waals surface area contributed by atoms with Gasteiger partial charge in [0.2, 0.25) is 0 Å². The first-order valence-corrected chi connectivity index (χ1v) is 7.23. The lowest BCUT2D eigenvalue weighted by Gasteiger charge is -2.04. The van der Waals surface area contributed by atoms with E-state index in [2.05, 4.69) is 31.4 Å². The molecule has 0 amide bonds. The van der Waals surface area contributed by atoms with Crippen molar-refractivity contribution < 1.29 is 0 Å². The third-order valence-electron chi connectivity index (χ3n) is 3.68. The van der Waals surface area contributed by atoms with Crippen LogP contribution in [0, 0.1) is 0 Å². The molecule has 3 heterocycles. The molecule has 1 aromatic carbocycles. The number of aromatic nitrogens is 6. The van der Waals surface area contributed by atoms with Crippen LogP contribution in [0.1, 0.15) is 0 Å². The Kier molecular flexibility index (Phi) is 3.20. The maximum atomic E-state index is 4.34. The van der Waals surface area contributed by atoms with Crippen molar-refractivity contribution in [1.82, 2.24) is 29.9 Å². The van der Waals surface area contributed by atoms with Crippen molar-refractivity contribution in [3.05, 3.63) is 61.1 Å². The van der Waals surface area contributed by atoms with Gasteiger partial charge in [0.1, 0.15) is 5.69 Å². The van der Waals surface area contributed by atoms with Gasteiger partial charge >= 0.3 is 0 Å². The van der Waals surface area contributed by atoms with Gasteiger partial charge in [-0.05, 0) is 24.3 Å². The Morgan fingerprint density at radius 3 is 2.43 bits per heavy atom. The van der Waals surface area contributed by atoms with Gasteiger partial charge in [-0.2, -0.15) is 5.10 Å². The molecule has 23 heavy (non-hydrogen) atoms. The molecule has 1 N–H and O–H groups in total. The minimum Gasteiger partial charge on any atom is -0.333 e. The molecule has 0 atom stereocenters. The molecular formula is C17H14N6. The molecule has 0 fully saturated rings. The molecule has 0 saturated heterocycles. The zero-order valence-corrected chi connectivity index (χ0v) is 12.5. The summed E-state index contributed by atoms with van der Waals surface area (Å²) in [6, 6.07) is 14.0. The second-order valence-corrected chi connectivity index (χ2v) is 5.22. The molecule has 0 bridgehead atoms. The van der Waals surface area contributed by atoms with Crippen molar-refractivity contribution in [2.24, 2.45) is 7.05 Å². The predicted molar refractivity (Wildman–Crippen MR) is 87.3 cm³/mol. The third-order valence-corrected chi connectivity index (χ3v) is 3.68. The van der Waals surface area contributed by atoms with E-state index in [-0.39, 0.29) is 0 Å². The fraction of sp³-hybridized carbons (Fsp3) is 0.0588. The highest BCUT2D eigenvalue weighted by molar-refractivity contribution is 5.69. The second kappa shape index (κ2) is 5.49. The van der Waals surface area contributed by atoms with Crippen LogP contribution in [0.3, 0.4) is 0 Å². The fourth-order valence-corrected chi connectivity index (χ4v) is 2.48. The number of imidazole rings is 1. The molecule has 0 aliphatic heterocycles. The molecule has 112 valence electrons. The van der Waals surface area contributed by atoms with Gasteiger partial charge in [0.15, 0.2) is 5.82 Å². The van der Waals surface area contributed by atoms with E-state index >= 15 is 0 Å². The molecule has 0 aliphatic carbocycles. The third kappa shape index (κ3) is 2.50. The molecule has 0 unspecified atom stereocenters. The minimum atomic E-state index is 0.756. The topological polar surface area (TPSA) is 72.3 Å². The zero-order chi connectivity index (χ0) is 15.6. The Labute approximate surface area is 132 Å². The van der Waals surface area contributed by atoms with Gasteiger partial charge < -0.3 is 4.57 Å². The van der Waals surface area contributed by atoms with E-state index in [1.807, 2.05) is 54.2 Å². The summed E-state index contributed by atoms with van der Waals surface area (Å²) in [6.45, 7) is 0. The van der Waals surface area contributed by atoms with Crippen molar-refractivity contribution in [2.45, 2.75) is 0 Å². The van der Waals surface area contributed by atoms with Crippen molar-refractivity contribution in [1.29, 1.82) is 0 Å². The van der Waals surface area contributed by atoms with Gasteiger partial charge in [0.25, 0.3) is 0 Å². The summed E-state index contributed by atoms with van der Waals surface area (Å²) >= 11 is 0. The first-order chi connectivity index (χ1) is 11.3. The minimum absolute atomic E-state index is 0.756. The van der Waals surface area contributed by atoms with Crippen LogP contribution >= 0.6 is 0 Å². The van der Waals surface area contributed by atoms with Gasteiger partial charge in [-0.25, -0.2) is 4.98 Å². The highest BCUT2D eigenvalue weighted by Gasteiger charge is 2.08. The number of H-pyrrole nitrogens is 1. The number of hydrogen-bond acceptors (Lipinski definition) is 4. The van der Waals surface area contributed by atoms with Gasteiger partial charge in [-0.1, -0.05) is 18.2 Å². The molecule has 4 rings (SSSR count). The smallest absolute Gasteiger partial charge is 0.160 e. The van der Waals surface area contributed by atoms with E-state index in [9.17, 15) is 0 Å². The fourth-order valence-electron chi connectivity index (χ4n) is 2.48. The lowest BCUT2D eigenvalue weighted by Crippen LogP contribution is -1.96. The SMILES string of the molecule is Cn1ccnc1-c1ccc(-c2cccc(-c3ccn[nH]3)c2)nn1. The number of benzene rings is 1.